The molecular weight excluding hydrogens is 234 g/mol. The fourth-order valence-electron chi connectivity index (χ4n) is 2.08. The summed E-state index contributed by atoms with van der Waals surface area (Å²) in [7, 11) is 0. The quantitative estimate of drug-likeness (QED) is 0.802. The van der Waals surface area contributed by atoms with Gasteiger partial charge in [-0.15, -0.1) is 0 Å². The minimum absolute atomic E-state index is 0.0528. The van der Waals surface area contributed by atoms with Gasteiger partial charge in [-0.2, -0.15) is 0 Å². The number of hydrogen-bond acceptors (Lipinski definition) is 4. The number of phenolic OH excluding ortho intramolecular Hbond substituents is 1. The molecule has 1 aliphatic rings. The van der Waals surface area contributed by atoms with Crippen LogP contribution < -0.4 is 0 Å². The topological polar surface area (TPSA) is 70.0 Å². The third-order valence-corrected chi connectivity index (χ3v) is 3.02. The first-order valence-corrected chi connectivity index (χ1v) is 5.96. The van der Waals surface area contributed by atoms with E-state index in [2.05, 4.69) is 0 Å². The third-order valence-electron chi connectivity index (χ3n) is 3.02. The highest BCUT2D eigenvalue weighted by Gasteiger charge is 2.26. The summed E-state index contributed by atoms with van der Waals surface area (Å²) in [6.07, 6.45) is 0.227. The van der Waals surface area contributed by atoms with Gasteiger partial charge in [0.15, 0.2) is 0 Å². The fourth-order valence-corrected chi connectivity index (χ4v) is 2.08. The summed E-state index contributed by atoms with van der Waals surface area (Å²) in [5.74, 6) is 0.101. The lowest BCUT2D eigenvalue weighted by atomic mass is 10.1. The van der Waals surface area contributed by atoms with Gasteiger partial charge in [0.05, 0.1) is 32.3 Å². The Balaban J connectivity index is 2.02. The number of hydrogen-bond donors (Lipinski definition) is 2. The SMILES string of the molecule is O=C(Cc1cccc(O)c1)N1CCOCC1CO. The molecule has 0 aliphatic carbocycles. The predicted octanol–water partition coefficient (Wildman–Crippen LogP) is 0.154. The molecule has 1 unspecified atom stereocenters. The molecule has 5 heteroatoms. The second kappa shape index (κ2) is 5.84. The molecule has 5 nitrogen and oxygen atoms in total. The number of aromatic hydroxyl groups is 1. The van der Waals surface area contributed by atoms with Gasteiger partial charge in [-0.05, 0) is 17.7 Å². The van der Waals surface area contributed by atoms with Crippen LogP contribution in [0.2, 0.25) is 0 Å². The van der Waals surface area contributed by atoms with Gasteiger partial charge < -0.3 is 19.8 Å². The Kier molecular flexibility index (Phi) is 4.17. The van der Waals surface area contributed by atoms with Crippen LogP contribution in [-0.2, 0) is 16.0 Å². The number of morpholine rings is 1. The number of benzene rings is 1. The summed E-state index contributed by atoms with van der Waals surface area (Å²) in [4.78, 5) is 13.8. The largest absolute Gasteiger partial charge is 0.508 e. The van der Waals surface area contributed by atoms with E-state index in [4.69, 9.17) is 4.74 Å². The Hall–Kier alpha value is -1.59. The van der Waals surface area contributed by atoms with Crippen LogP contribution in [0.4, 0.5) is 0 Å². The number of ether oxygens (including phenoxy) is 1. The van der Waals surface area contributed by atoms with E-state index in [1.807, 2.05) is 0 Å². The van der Waals surface area contributed by atoms with Gasteiger partial charge in [0.1, 0.15) is 5.75 Å². The molecule has 1 aromatic rings. The molecule has 98 valence electrons. The molecule has 0 aromatic heterocycles. The molecule has 0 spiro atoms. The second-order valence-corrected chi connectivity index (χ2v) is 4.35. The van der Waals surface area contributed by atoms with Crippen molar-refractivity contribution in [2.24, 2.45) is 0 Å². The zero-order valence-electron chi connectivity index (χ0n) is 10.1. The number of rotatable bonds is 3. The van der Waals surface area contributed by atoms with Crippen molar-refractivity contribution < 1.29 is 19.7 Å². The first-order chi connectivity index (χ1) is 8.70. The highest BCUT2D eigenvalue weighted by atomic mass is 16.5. The zero-order chi connectivity index (χ0) is 13.0. The molecule has 1 atom stereocenters. The standard InChI is InChI=1S/C13H17NO4/c15-8-11-9-18-5-4-14(11)13(17)7-10-2-1-3-12(16)6-10/h1-3,6,11,15-16H,4-5,7-9H2. The highest BCUT2D eigenvalue weighted by molar-refractivity contribution is 5.79. The van der Waals surface area contributed by atoms with E-state index < -0.39 is 0 Å². The van der Waals surface area contributed by atoms with Crippen molar-refractivity contribution in [1.29, 1.82) is 0 Å². The maximum absolute atomic E-state index is 12.1. The summed E-state index contributed by atoms with van der Waals surface area (Å²) in [5.41, 5.74) is 0.767. The molecule has 18 heavy (non-hydrogen) atoms. The van der Waals surface area contributed by atoms with E-state index in [1.165, 1.54) is 0 Å². The molecule has 0 saturated carbocycles. The fraction of sp³-hybridized carbons (Fsp3) is 0.462. The summed E-state index contributed by atoms with van der Waals surface area (Å²) in [6, 6.07) is 6.39. The van der Waals surface area contributed by atoms with Gasteiger partial charge >= 0.3 is 0 Å². The molecular formula is C13H17NO4. The maximum Gasteiger partial charge on any atom is 0.227 e. The summed E-state index contributed by atoms with van der Waals surface area (Å²) >= 11 is 0. The van der Waals surface area contributed by atoms with Crippen molar-refractivity contribution >= 4 is 5.91 Å². The van der Waals surface area contributed by atoms with E-state index in [0.717, 1.165) is 5.56 Å². The molecule has 1 amide bonds. The van der Waals surface area contributed by atoms with E-state index in [9.17, 15) is 15.0 Å². The molecule has 0 radical (unpaired) electrons. The first kappa shape index (κ1) is 12.9. The van der Waals surface area contributed by atoms with Crippen molar-refractivity contribution in [3.05, 3.63) is 29.8 Å². The average Bonchev–Trinajstić information content (AvgIpc) is 2.38. The minimum Gasteiger partial charge on any atom is -0.508 e. The number of phenols is 1. The molecule has 0 bridgehead atoms. The highest BCUT2D eigenvalue weighted by Crippen LogP contribution is 2.14. The average molecular weight is 251 g/mol. The lowest BCUT2D eigenvalue weighted by Gasteiger charge is -2.34. The third kappa shape index (κ3) is 3.00. The van der Waals surface area contributed by atoms with Gasteiger partial charge in [0, 0.05) is 6.54 Å². The summed E-state index contributed by atoms with van der Waals surface area (Å²) in [5, 5.41) is 18.6. The van der Waals surface area contributed by atoms with Crippen LogP contribution >= 0.6 is 0 Å². The van der Waals surface area contributed by atoms with Gasteiger partial charge in [-0.1, -0.05) is 12.1 Å². The van der Waals surface area contributed by atoms with Crippen LogP contribution in [0.5, 0.6) is 5.75 Å². The molecule has 2 N–H and O–H groups in total. The Morgan fingerprint density at radius 3 is 3.06 bits per heavy atom. The van der Waals surface area contributed by atoms with Gasteiger partial charge in [-0.25, -0.2) is 0 Å². The molecule has 1 heterocycles. The van der Waals surface area contributed by atoms with Crippen molar-refractivity contribution in [3.8, 4) is 5.75 Å². The van der Waals surface area contributed by atoms with E-state index in [1.54, 1.807) is 29.2 Å². The summed E-state index contributed by atoms with van der Waals surface area (Å²) < 4.78 is 5.23. The van der Waals surface area contributed by atoms with Crippen LogP contribution in [0.1, 0.15) is 5.56 Å². The minimum atomic E-state index is -0.261. The lowest BCUT2D eigenvalue weighted by molar-refractivity contribution is -0.140. The zero-order valence-corrected chi connectivity index (χ0v) is 10.1. The first-order valence-electron chi connectivity index (χ1n) is 5.96. The van der Waals surface area contributed by atoms with E-state index in [0.29, 0.717) is 19.8 Å². The summed E-state index contributed by atoms with van der Waals surface area (Å²) in [6.45, 7) is 1.29. The number of amides is 1. The van der Waals surface area contributed by atoms with Crippen molar-refractivity contribution in [3.63, 3.8) is 0 Å². The van der Waals surface area contributed by atoms with Gasteiger partial charge in [0.25, 0.3) is 0 Å². The van der Waals surface area contributed by atoms with Crippen LogP contribution in [-0.4, -0.2) is 53.4 Å². The second-order valence-electron chi connectivity index (χ2n) is 4.35. The molecule has 1 fully saturated rings. The van der Waals surface area contributed by atoms with Crippen molar-refractivity contribution in [1.82, 2.24) is 4.90 Å². The normalized spacial score (nSPS) is 19.8. The number of aliphatic hydroxyl groups is 1. The van der Waals surface area contributed by atoms with Crippen molar-refractivity contribution in [2.75, 3.05) is 26.4 Å². The maximum atomic E-state index is 12.1. The van der Waals surface area contributed by atoms with E-state index in [-0.39, 0.29) is 30.7 Å². The monoisotopic (exact) mass is 251 g/mol. The van der Waals surface area contributed by atoms with E-state index >= 15 is 0 Å². The van der Waals surface area contributed by atoms with Crippen LogP contribution in [0.25, 0.3) is 0 Å². The molecule has 1 aliphatic heterocycles. The Labute approximate surface area is 106 Å². The lowest BCUT2D eigenvalue weighted by Crippen LogP contribution is -2.51. The van der Waals surface area contributed by atoms with Crippen LogP contribution in [0.15, 0.2) is 24.3 Å². The van der Waals surface area contributed by atoms with Crippen LogP contribution in [0.3, 0.4) is 0 Å². The number of carbonyl (C=O) groups excluding carboxylic acids is 1. The molecule has 2 rings (SSSR count). The molecule has 1 saturated heterocycles. The molecule has 1 aromatic carbocycles. The number of nitrogens with zero attached hydrogens (tertiary/aromatic N) is 1. The predicted molar refractivity (Wildman–Crippen MR) is 65.2 cm³/mol. The van der Waals surface area contributed by atoms with Crippen molar-refractivity contribution in [2.45, 2.75) is 12.5 Å². The van der Waals surface area contributed by atoms with Crippen LogP contribution in [0, 0.1) is 0 Å². The number of carbonyl (C=O) groups is 1. The number of aliphatic hydroxyl groups excluding tert-OH is 1. The Morgan fingerprint density at radius 2 is 2.33 bits per heavy atom. The Bertz CT molecular complexity index is 421. The smallest absolute Gasteiger partial charge is 0.227 e. The van der Waals surface area contributed by atoms with Gasteiger partial charge in [-0.3, -0.25) is 4.79 Å². The van der Waals surface area contributed by atoms with Gasteiger partial charge in [0.2, 0.25) is 5.91 Å². The Morgan fingerprint density at radius 1 is 1.50 bits per heavy atom.